The number of nitrogens with zero attached hydrogens (tertiary/aromatic N) is 1. The number of benzene rings is 2. The smallest absolute Gasteiger partial charge is 0.329 e. The standard InChI is InChI=1S/C17H17N3O3/c1-11-7-8-14(9-12(11)2)19-16(22)17(23)20-18-10-13-5-3-4-6-15(13)21/h3-10,21H,1-2H3,(H,19,22)(H,20,23)/b18-10-. The first-order chi connectivity index (χ1) is 11.0. The highest BCUT2D eigenvalue weighted by Gasteiger charge is 2.13. The van der Waals surface area contributed by atoms with Gasteiger partial charge in [-0.25, -0.2) is 5.43 Å². The van der Waals surface area contributed by atoms with Crippen LogP contribution in [0.5, 0.6) is 5.75 Å². The zero-order valence-corrected chi connectivity index (χ0v) is 12.8. The number of hydrazone groups is 1. The second kappa shape index (κ2) is 7.22. The van der Waals surface area contributed by atoms with E-state index in [1.807, 2.05) is 19.9 Å². The van der Waals surface area contributed by atoms with E-state index >= 15 is 0 Å². The highest BCUT2D eigenvalue weighted by Crippen LogP contribution is 2.14. The van der Waals surface area contributed by atoms with Crippen LogP contribution in [0.4, 0.5) is 5.69 Å². The van der Waals surface area contributed by atoms with E-state index in [1.54, 1.807) is 30.3 Å². The lowest BCUT2D eigenvalue weighted by molar-refractivity contribution is -0.136. The number of nitrogens with one attached hydrogen (secondary N) is 2. The number of rotatable bonds is 3. The molecule has 0 atom stereocenters. The summed E-state index contributed by atoms with van der Waals surface area (Å²) >= 11 is 0. The average Bonchev–Trinajstić information content (AvgIpc) is 2.52. The molecule has 0 heterocycles. The second-order valence-corrected chi connectivity index (χ2v) is 5.01. The highest BCUT2D eigenvalue weighted by molar-refractivity contribution is 6.39. The summed E-state index contributed by atoms with van der Waals surface area (Å²) in [6.07, 6.45) is 1.26. The summed E-state index contributed by atoms with van der Waals surface area (Å²) in [7, 11) is 0. The molecule has 23 heavy (non-hydrogen) atoms. The van der Waals surface area contributed by atoms with Crippen LogP contribution in [-0.2, 0) is 9.59 Å². The van der Waals surface area contributed by atoms with Crippen LogP contribution in [0.2, 0.25) is 0 Å². The number of hydrogen-bond acceptors (Lipinski definition) is 4. The van der Waals surface area contributed by atoms with Gasteiger partial charge in [-0.2, -0.15) is 5.10 Å². The predicted octanol–water partition coefficient (Wildman–Crippen LogP) is 2.10. The van der Waals surface area contributed by atoms with Crippen LogP contribution in [0.15, 0.2) is 47.6 Å². The molecule has 0 spiro atoms. The number of para-hydroxylation sites is 1. The summed E-state index contributed by atoms with van der Waals surface area (Å²) in [6, 6.07) is 11.9. The Morgan fingerprint density at radius 2 is 1.78 bits per heavy atom. The molecule has 2 amide bonds. The zero-order chi connectivity index (χ0) is 16.8. The number of hydrogen-bond donors (Lipinski definition) is 3. The summed E-state index contributed by atoms with van der Waals surface area (Å²) in [4.78, 5) is 23.4. The SMILES string of the molecule is Cc1ccc(NC(=O)C(=O)N/N=C\c2ccccc2O)cc1C. The first kappa shape index (κ1) is 16.2. The number of carbonyl (C=O) groups excluding carboxylic acids is 2. The van der Waals surface area contributed by atoms with Crippen molar-refractivity contribution >= 4 is 23.7 Å². The monoisotopic (exact) mass is 311 g/mol. The van der Waals surface area contributed by atoms with Crippen molar-refractivity contribution in [1.82, 2.24) is 5.43 Å². The fourth-order valence-corrected chi connectivity index (χ4v) is 1.81. The molecule has 6 nitrogen and oxygen atoms in total. The summed E-state index contributed by atoms with van der Waals surface area (Å²) in [5.41, 5.74) is 5.20. The number of amides is 2. The number of phenols is 1. The zero-order valence-electron chi connectivity index (χ0n) is 12.8. The summed E-state index contributed by atoms with van der Waals surface area (Å²) in [5.74, 6) is -1.68. The van der Waals surface area contributed by atoms with E-state index in [1.165, 1.54) is 12.3 Å². The first-order valence-electron chi connectivity index (χ1n) is 6.97. The van der Waals surface area contributed by atoms with Gasteiger partial charge in [-0.3, -0.25) is 9.59 Å². The molecule has 6 heteroatoms. The topological polar surface area (TPSA) is 90.8 Å². The van der Waals surface area contributed by atoms with Gasteiger partial charge in [0.25, 0.3) is 0 Å². The number of aromatic hydroxyl groups is 1. The molecule has 0 aliphatic carbocycles. The van der Waals surface area contributed by atoms with Gasteiger partial charge in [0.15, 0.2) is 0 Å². The van der Waals surface area contributed by atoms with Crippen molar-refractivity contribution in [2.75, 3.05) is 5.32 Å². The fourth-order valence-electron chi connectivity index (χ4n) is 1.81. The summed E-state index contributed by atoms with van der Waals surface area (Å²) in [5, 5.41) is 15.7. The van der Waals surface area contributed by atoms with Gasteiger partial charge < -0.3 is 10.4 Å². The molecule has 0 aliphatic heterocycles. The molecule has 0 saturated carbocycles. The molecular formula is C17H17N3O3. The maximum Gasteiger partial charge on any atom is 0.329 e. The number of phenolic OH excluding ortho intramolecular Hbond substituents is 1. The molecule has 2 aromatic carbocycles. The third-order valence-electron chi connectivity index (χ3n) is 3.28. The Morgan fingerprint density at radius 3 is 2.48 bits per heavy atom. The van der Waals surface area contributed by atoms with E-state index in [2.05, 4.69) is 15.8 Å². The van der Waals surface area contributed by atoms with Crippen LogP contribution < -0.4 is 10.7 Å². The van der Waals surface area contributed by atoms with E-state index in [0.717, 1.165) is 11.1 Å². The van der Waals surface area contributed by atoms with Gasteiger partial charge in [0.1, 0.15) is 5.75 Å². The number of anilines is 1. The minimum absolute atomic E-state index is 0.0325. The Bertz CT molecular complexity index is 769. The fraction of sp³-hybridized carbons (Fsp3) is 0.118. The van der Waals surface area contributed by atoms with Crippen molar-refractivity contribution in [1.29, 1.82) is 0 Å². The van der Waals surface area contributed by atoms with Gasteiger partial charge in [0, 0.05) is 11.3 Å². The van der Waals surface area contributed by atoms with Crippen molar-refractivity contribution < 1.29 is 14.7 Å². The number of carbonyl (C=O) groups is 2. The molecule has 0 unspecified atom stereocenters. The van der Waals surface area contributed by atoms with Crippen molar-refractivity contribution in [3.8, 4) is 5.75 Å². The lowest BCUT2D eigenvalue weighted by Crippen LogP contribution is -2.32. The molecule has 0 radical (unpaired) electrons. The molecule has 2 rings (SSSR count). The molecule has 0 saturated heterocycles. The Hall–Kier alpha value is -3.15. The van der Waals surface area contributed by atoms with Crippen molar-refractivity contribution in [2.45, 2.75) is 13.8 Å². The molecule has 0 aromatic heterocycles. The van der Waals surface area contributed by atoms with Gasteiger partial charge in [-0.15, -0.1) is 0 Å². The molecule has 3 N–H and O–H groups in total. The van der Waals surface area contributed by atoms with Crippen LogP contribution in [0.1, 0.15) is 16.7 Å². The lowest BCUT2D eigenvalue weighted by atomic mass is 10.1. The third-order valence-corrected chi connectivity index (χ3v) is 3.28. The third kappa shape index (κ3) is 4.41. The summed E-state index contributed by atoms with van der Waals surface area (Å²) in [6.45, 7) is 3.88. The molecule has 2 aromatic rings. The van der Waals surface area contributed by atoms with Crippen LogP contribution in [0.25, 0.3) is 0 Å². The van der Waals surface area contributed by atoms with E-state index in [-0.39, 0.29) is 5.75 Å². The van der Waals surface area contributed by atoms with Gasteiger partial charge in [-0.1, -0.05) is 18.2 Å². The van der Waals surface area contributed by atoms with Crippen LogP contribution in [0.3, 0.4) is 0 Å². The van der Waals surface area contributed by atoms with E-state index in [9.17, 15) is 14.7 Å². The van der Waals surface area contributed by atoms with E-state index in [4.69, 9.17) is 0 Å². The highest BCUT2D eigenvalue weighted by atomic mass is 16.3. The maximum absolute atomic E-state index is 11.8. The Balaban J connectivity index is 1.94. The van der Waals surface area contributed by atoms with E-state index in [0.29, 0.717) is 11.3 Å². The van der Waals surface area contributed by atoms with Crippen molar-refractivity contribution in [3.05, 3.63) is 59.2 Å². The maximum atomic E-state index is 11.8. The molecule has 0 bridgehead atoms. The molecule has 0 aliphatic rings. The van der Waals surface area contributed by atoms with Crippen molar-refractivity contribution in [2.24, 2.45) is 5.10 Å². The predicted molar refractivity (Wildman–Crippen MR) is 88.4 cm³/mol. The van der Waals surface area contributed by atoms with Gasteiger partial charge in [0.2, 0.25) is 0 Å². The second-order valence-electron chi connectivity index (χ2n) is 5.01. The van der Waals surface area contributed by atoms with Crippen LogP contribution in [-0.4, -0.2) is 23.1 Å². The lowest BCUT2D eigenvalue weighted by Gasteiger charge is -2.06. The van der Waals surface area contributed by atoms with Crippen LogP contribution in [0, 0.1) is 13.8 Å². The largest absolute Gasteiger partial charge is 0.507 e. The van der Waals surface area contributed by atoms with Gasteiger partial charge in [-0.05, 0) is 49.2 Å². The van der Waals surface area contributed by atoms with E-state index < -0.39 is 11.8 Å². The Morgan fingerprint density at radius 1 is 1.04 bits per heavy atom. The Labute approximate surface area is 133 Å². The van der Waals surface area contributed by atoms with Gasteiger partial charge >= 0.3 is 11.8 Å². The van der Waals surface area contributed by atoms with Crippen molar-refractivity contribution in [3.63, 3.8) is 0 Å². The molecular weight excluding hydrogens is 294 g/mol. The van der Waals surface area contributed by atoms with Gasteiger partial charge in [0.05, 0.1) is 6.21 Å². The average molecular weight is 311 g/mol. The quantitative estimate of drug-likeness (QED) is 0.460. The Kier molecular flexibility index (Phi) is 5.09. The normalized spacial score (nSPS) is 10.5. The number of aryl methyl sites for hydroxylation is 2. The first-order valence-corrected chi connectivity index (χ1v) is 6.97. The molecule has 0 fully saturated rings. The van der Waals surface area contributed by atoms with Crippen LogP contribution >= 0.6 is 0 Å². The minimum atomic E-state index is -0.894. The summed E-state index contributed by atoms with van der Waals surface area (Å²) < 4.78 is 0. The minimum Gasteiger partial charge on any atom is -0.507 e. The molecule has 118 valence electrons.